The van der Waals surface area contributed by atoms with Crippen LogP contribution in [0.4, 0.5) is 0 Å². The molecule has 0 rings (SSSR count). The predicted molar refractivity (Wildman–Crippen MR) is 67.4 cm³/mol. The molecule has 7 heteroatoms. The standard InChI is InChI=1S/C10H19N3O3S/c1-6(2)3-7(10(11)16)13-8(14)4-12-9(15)5-17/h6-7,17H,3-5H2,1-2H3,(H2,11,16)(H,12,15)(H,13,14)/t7-/m0/s1. The van der Waals surface area contributed by atoms with Crippen LogP contribution in [0.5, 0.6) is 0 Å². The average molecular weight is 261 g/mol. The van der Waals surface area contributed by atoms with E-state index in [-0.39, 0.29) is 24.1 Å². The topological polar surface area (TPSA) is 101 Å². The number of carbonyl (C=O) groups excluding carboxylic acids is 3. The third-order valence-electron chi connectivity index (χ3n) is 1.98. The second kappa shape index (κ2) is 7.94. The van der Waals surface area contributed by atoms with Crippen molar-refractivity contribution < 1.29 is 14.4 Å². The number of carbonyl (C=O) groups is 3. The van der Waals surface area contributed by atoms with Crippen LogP contribution in [0.1, 0.15) is 20.3 Å². The Bertz CT molecular complexity index is 295. The minimum atomic E-state index is -0.699. The van der Waals surface area contributed by atoms with Gasteiger partial charge in [-0.3, -0.25) is 14.4 Å². The van der Waals surface area contributed by atoms with Gasteiger partial charge in [0, 0.05) is 0 Å². The Balaban J connectivity index is 4.13. The molecule has 0 aromatic heterocycles. The summed E-state index contributed by atoms with van der Waals surface area (Å²) < 4.78 is 0. The maximum Gasteiger partial charge on any atom is 0.240 e. The summed E-state index contributed by atoms with van der Waals surface area (Å²) in [6.45, 7) is 3.66. The molecule has 0 aliphatic carbocycles. The number of primary amides is 1. The summed E-state index contributed by atoms with van der Waals surface area (Å²) >= 11 is 3.75. The van der Waals surface area contributed by atoms with Gasteiger partial charge >= 0.3 is 0 Å². The Hall–Kier alpha value is -1.24. The molecule has 0 aliphatic rings. The van der Waals surface area contributed by atoms with Crippen LogP contribution in [0.2, 0.25) is 0 Å². The summed E-state index contributed by atoms with van der Waals surface area (Å²) in [4.78, 5) is 33.3. The number of nitrogens with one attached hydrogen (secondary N) is 2. The lowest BCUT2D eigenvalue weighted by atomic mass is 10.0. The number of rotatable bonds is 7. The lowest BCUT2D eigenvalue weighted by Gasteiger charge is -2.17. The smallest absolute Gasteiger partial charge is 0.240 e. The van der Waals surface area contributed by atoms with Gasteiger partial charge in [-0.1, -0.05) is 13.8 Å². The second-order valence-electron chi connectivity index (χ2n) is 4.09. The third kappa shape index (κ3) is 7.62. The molecule has 1 atom stereocenters. The van der Waals surface area contributed by atoms with Crippen molar-refractivity contribution in [2.45, 2.75) is 26.3 Å². The van der Waals surface area contributed by atoms with E-state index in [4.69, 9.17) is 5.73 Å². The fourth-order valence-corrected chi connectivity index (χ4v) is 1.31. The van der Waals surface area contributed by atoms with Crippen molar-refractivity contribution in [1.29, 1.82) is 0 Å². The van der Waals surface area contributed by atoms with Gasteiger partial charge in [-0.15, -0.1) is 0 Å². The highest BCUT2D eigenvalue weighted by atomic mass is 32.1. The molecule has 0 aliphatic heterocycles. The Labute approximate surface area is 106 Å². The molecule has 17 heavy (non-hydrogen) atoms. The van der Waals surface area contributed by atoms with Gasteiger partial charge in [0.1, 0.15) is 6.04 Å². The minimum Gasteiger partial charge on any atom is -0.368 e. The maximum absolute atomic E-state index is 11.4. The first-order valence-corrected chi connectivity index (χ1v) is 5.96. The molecular formula is C10H19N3O3S. The second-order valence-corrected chi connectivity index (χ2v) is 4.40. The van der Waals surface area contributed by atoms with Crippen molar-refractivity contribution in [2.75, 3.05) is 12.3 Å². The van der Waals surface area contributed by atoms with Crippen LogP contribution in [-0.2, 0) is 14.4 Å². The van der Waals surface area contributed by atoms with Crippen LogP contribution < -0.4 is 16.4 Å². The molecule has 3 amide bonds. The van der Waals surface area contributed by atoms with Crippen LogP contribution in [0.15, 0.2) is 0 Å². The predicted octanol–water partition coefficient (Wildman–Crippen LogP) is -0.951. The number of hydrogen-bond acceptors (Lipinski definition) is 4. The van der Waals surface area contributed by atoms with Gasteiger partial charge < -0.3 is 16.4 Å². The largest absolute Gasteiger partial charge is 0.368 e. The van der Waals surface area contributed by atoms with E-state index in [0.717, 1.165) is 0 Å². The molecule has 0 heterocycles. The van der Waals surface area contributed by atoms with E-state index >= 15 is 0 Å². The van der Waals surface area contributed by atoms with Gasteiger partial charge in [-0.05, 0) is 12.3 Å². The molecular weight excluding hydrogens is 242 g/mol. The molecule has 0 fully saturated rings. The zero-order valence-electron chi connectivity index (χ0n) is 10.0. The van der Waals surface area contributed by atoms with E-state index in [1.807, 2.05) is 13.8 Å². The van der Waals surface area contributed by atoms with Gasteiger partial charge in [-0.2, -0.15) is 12.6 Å². The first kappa shape index (κ1) is 15.8. The van der Waals surface area contributed by atoms with E-state index in [2.05, 4.69) is 23.3 Å². The molecule has 0 bridgehead atoms. The zero-order chi connectivity index (χ0) is 13.4. The van der Waals surface area contributed by atoms with Crippen molar-refractivity contribution in [3.05, 3.63) is 0 Å². The van der Waals surface area contributed by atoms with E-state index in [1.165, 1.54) is 0 Å². The monoisotopic (exact) mass is 261 g/mol. The Morgan fingerprint density at radius 3 is 2.24 bits per heavy atom. The highest BCUT2D eigenvalue weighted by molar-refractivity contribution is 7.81. The number of nitrogens with two attached hydrogens (primary N) is 1. The Morgan fingerprint density at radius 1 is 1.24 bits per heavy atom. The fraction of sp³-hybridized carbons (Fsp3) is 0.700. The molecule has 0 saturated carbocycles. The molecule has 0 saturated heterocycles. The van der Waals surface area contributed by atoms with Crippen LogP contribution in [-0.4, -0.2) is 36.1 Å². The summed E-state index contributed by atoms with van der Waals surface area (Å²) in [5, 5.41) is 4.82. The van der Waals surface area contributed by atoms with Gasteiger partial charge in [0.05, 0.1) is 12.3 Å². The summed E-state index contributed by atoms with van der Waals surface area (Å²) in [5.41, 5.74) is 5.16. The zero-order valence-corrected chi connectivity index (χ0v) is 10.9. The van der Waals surface area contributed by atoms with Crippen LogP contribution >= 0.6 is 12.6 Å². The lowest BCUT2D eigenvalue weighted by molar-refractivity contribution is -0.128. The normalized spacial score (nSPS) is 12.0. The summed E-state index contributed by atoms with van der Waals surface area (Å²) in [7, 11) is 0. The molecule has 4 N–H and O–H groups in total. The van der Waals surface area contributed by atoms with Gasteiger partial charge in [0.15, 0.2) is 0 Å². The molecule has 0 spiro atoms. The highest BCUT2D eigenvalue weighted by Gasteiger charge is 2.19. The molecule has 6 nitrogen and oxygen atoms in total. The maximum atomic E-state index is 11.4. The quantitative estimate of drug-likeness (QED) is 0.444. The summed E-state index contributed by atoms with van der Waals surface area (Å²) in [5.74, 6) is -1.11. The number of amides is 3. The van der Waals surface area contributed by atoms with Crippen molar-refractivity contribution in [2.24, 2.45) is 11.7 Å². The van der Waals surface area contributed by atoms with Crippen molar-refractivity contribution in [1.82, 2.24) is 10.6 Å². The highest BCUT2D eigenvalue weighted by Crippen LogP contribution is 2.03. The molecule has 0 aromatic carbocycles. The van der Waals surface area contributed by atoms with Crippen LogP contribution in [0.25, 0.3) is 0 Å². The van der Waals surface area contributed by atoms with E-state index in [9.17, 15) is 14.4 Å². The van der Waals surface area contributed by atoms with E-state index in [1.54, 1.807) is 0 Å². The average Bonchev–Trinajstić information content (AvgIpc) is 2.24. The van der Waals surface area contributed by atoms with Crippen molar-refractivity contribution in [3.63, 3.8) is 0 Å². The fourth-order valence-electron chi connectivity index (χ4n) is 1.20. The van der Waals surface area contributed by atoms with Gasteiger partial charge in [0.2, 0.25) is 17.7 Å². The lowest BCUT2D eigenvalue weighted by Crippen LogP contribution is -2.48. The third-order valence-corrected chi connectivity index (χ3v) is 2.26. The van der Waals surface area contributed by atoms with Gasteiger partial charge in [0.25, 0.3) is 0 Å². The number of hydrogen-bond donors (Lipinski definition) is 4. The SMILES string of the molecule is CC(C)C[C@H](NC(=O)CNC(=O)CS)C(N)=O. The van der Waals surface area contributed by atoms with Gasteiger partial charge in [-0.25, -0.2) is 0 Å². The van der Waals surface area contributed by atoms with E-state index in [0.29, 0.717) is 6.42 Å². The minimum absolute atomic E-state index is 0.0124. The first-order chi connectivity index (χ1) is 7.86. The van der Waals surface area contributed by atoms with Crippen LogP contribution in [0, 0.1) is 5.92 Å². The van der Waals surface area contributed by atoms with Crippen LogP contribution in [0.3, 0.4) is 0 Å². The van der Waals surface area contributed by atoms with E-state index < -0.39 is 17.9 Å². The Morgan fingerprint density at radius 2 is 1.82 bits per heavy atom. The molecule has 0 aromatic rings. The molecule has 0 unspecified atom stereocenters. The first-order valence-electron chi connectivity index (χ1n) is 5.33. The summed E-state index contributed by atoms with van der Waals surface area (Å²) in [6, 6.07) is -0.699. The Kier molecular flexibility index (Phi) is 7.36. The van der Waals surface area contributed by atoms with Crippen molar-refractivity contribution in [3.8, 4) is 0 Å². The summed E-state index contributed by atoms with van der Waals surface area (Å²) in [6.07, 6.45) is 0.474. The molecule has 0 radical (unpaired) electrons. The number of thiol groups is 1. The van der Waals surface area contributed by atoms with Crippen molar-refractivity contribution >= 4 is 30.4 Å². The molecule has 98 valence electrons.